The molecule has 25 heavy (non-hydrogen) atoms. The Bertz CT molecular complexity index is 886. The zero-order valence-corrected chi connectivity index (χ0v) is 13.9. The first kappa shape index (κ1) is 18.8. The predicted octanol–water partition coefficient (Wildman–Crippen LogP) is 5.56. The van der Waals surface area contributed by atoms with E-state index in [9.17, 15) is 18.0 Å². The van der Waals surface area contributed by atoms with E-state index in [4.69, 9.17) is 28.5 Å². The van der Waals surface area contributed by atoms with Crippen LogP contribution >= 0.6 is 23.2 Å². The summed E-state index contributed by atoms with van der Waals surface area (Å²) in [4.78, 5) is 12.1. The predicted molar refractivity (Wildman–Crippen MR) is 90.1 cm³/mol. The van der Waals surface area contributed by atoms with Gasteiger partial charge in [-0.05, 0) is 35.9 Å². The van der Waals surface area contributed by atoms with E-state index in [1.54, 1.807) is 18.2 Å². The van der Waals surface area contributed by atoms with Crippen molar-refractivity contribution in [2.45, 2.75) is 6.18 Å². The quantitative estimate of drug-likeness (QED) is 0.556. The van der Waals surface area contributed by atoms with Crippen LogP contribution in [0.5, 0.6) is 0 Å². The topological polar surface area (TPSA) is 52.9 Å². The Kier molecular flexibility index (Phi) is 5.73. The standard InChI is InChI=1S/C17H9Cl2F3N2O/c18-14-6-1-3-10(15(14)19)7-11(9-23)16(25)24-13-5-2-4-12(8-13)17(20,21)22/h1-8H,(H,24,25)/b11-7+. The fourth-order valence-corrected chi connectivity index (χ4v) is 2.27. The van der Waals surface area contributed by atoms with Crippen LogP contribution < -0.4 is 5.32 Å². The maximum atomic E-state index is 12.7. The molecule has 2 aromatic carbocycles. The Morgan fingerprint density at radius 2 is 1.84 bits per heavy atom. The Morgan fingerprint density at radius 1 is 1.16 bits per heavy atom. The summed E-state index contributed by atoms with van der Waals surface area (Å²) >= 11 is 11.8. The molecular formula is C17H9Cl2F3N2O. The molecule has 0 atom stereocenters. The van der Waals surface area contributed by atoms with Gasteiger partial charge < -0.3 is 5.32 Å². The molecule has 0 bridgehead atoms. The average molecular weight is 385 g/mol. The zero-order valence-electron chi connectivity index (χ0n) is 12.4. The van der Waals surface area contributed by atoms with Crippen molar-refractivity contribution in [3.63, 3.8) is 0 Å². The number of amides is 1. The molecule has 128 valence electrons. The molecule has 0 unspecified atom stereocenters. The molecule has 0 aliphatic rings. The van der Waals surface area contributed by atoms with Crippen molar-refractivity contribution < 1.29 is 18.0 Å². The van der Waals surface area contributed by atoms with E-state index in [1.807, 2.05) is 0 Å². The second-order valence-electron chi connectivity index (χ2n) is 4.85. The Balaban J connectivity index is 2.28. The number of hydrogen-bond acceptors (Lipinski definition) is 2. The van der Waals surface area contributed by atoms with Gasteiger partial charge in [-0.15, -0.1) is 0 Å². The fourth-order valence-electron chi connectivity index (χ4n) is 1.91. The largest absolute Gasteiger partial charge is 0.416 e. The van der Waals surface area contributed by atoms with Gasteiger partial charge >= 0.3 is 6.18 Å². The van der Waals surface area contributed by atoms with Gasteiger partial charge in [-0.25, -0.2) is 0 Å². The normalized spacial score (nSPS) is 11.8. The van der Waals surface area contributed by atoms with Gasteiger partial charge in [0.15, 0.2) is 0 Å². The van der Waals surface area contributed by atoms with Crippen molar-refractivity contribution in [1.82, 2.24) is 0 Å². The highest BCUT2D eigenvalue weighted by molar-refractivity contribution is 6.43. The molecule has 3 nitrogen and oxygen atoms in total. The summed E-state index contributed by atoms with van der Waals surface area (Å²) in [7, 11) is 0. The zero-order chi connectivity index (χ0) is 18.6. The number of hydrogen-bond donors (Lipinski definition) is 1. The summed E-state index contributed by atoms with van der Waals surface area (Å²) in [5, 5.41) is 11.8. The third-order valence-electron chi connectivity index (χ3n) is 3.09. The number of nitrogens with one attached hydrogen (secondary N) is 1. The molecule has 0 aromatic heterocycles. The maximum absolute atomic E-state index is 12.7. The number of rotatable bonds is 3. The van der Waals surface area contributed by atoms with Crippen LogP contribution in [-0.2, 0) is 11.0 Å². The van der Waals surface area contributed by atoms with Crippen molar-refractivity contribution in [3.05, 3.63) is 69.2 Å². The van der Waals surface area contributed by atoms with Gasteiger partial charge in [0, 0.05) is 5.69 Å². The van der Waals surface area contributed by atoms with Crippen molar-refractivity contribution in [2.75, 3.05) is 5.32 Å². The summed E-state index contributed by atoms with van der Waals surface area (Å²) in [5.74, 6) is -0.863. The SMILES string of the molecule is N#C/C(=C\c1cccc(Cl)c1Cl)C(=O)Nc1cccc(C(F)(F)F)c1. The molecule has 0 aliphatic heterocycles. The first-order chi connectivity index (χ1) is 11.7. The molecule has 0 saturated heterocycles. The van der Waals surface area contributed by atoms with Crippen LogP contribution in [0.1, 0.15) is 11.1 Å². The third-order valence-corrected chi connectivity index (χ3v) is 3.93. The van der Waals surface area contributed by atoms with Crippen LogP contribution in [0, 0.1) is 11.3 Å². The van der Waals surface area contributed by atoms with Gasteiger partial charge in [0.2, 0.25) is 0 Å². The molecule has 0 heterocycles. The Labute approximate surface area is 151 Å². The van der Waals surface area contributed by atoms with Crippen LogP contribution in [0.4, 0.5) is 18.9 Å². The smallest absolute Gasteiger partial charge is 0.321 e. The van der Waals surface area contributed by atoms with Crippen LogP contribution in [0.25, 0.3) is 6.08 Å². The van der Waals surface area contributed by atoms with E-state index in [0.29, 0.717) is 5.56 Å². The van der Waals surface area contributed by atoms with E-state index >= 15 is 0 Å². The molecule has 0 fully saturated rings. The second-order valence-corrected chi connectivity index (χ2v) is 5.63. The molecule has 0 aliphatic carbocycles. The van der Waals surface area contributed by atoms with E-state index in [-0.39, 0.29) is 21.3 Å². The molecule has 8 heteroatoms. The van der Waals surface area contributed by atoms with Crippen LogP contribution in [0.15, 0.2) is 48.0 Å². The summed E-state index contributed by atoms with van der Waals surface area (Å²) in [6, 6.07) is 10.4. The van der Waals surface area contributed by atoms with E-state index < -0.39 is 17.6 Å². The van der Waals surface area contributed by atoms with Crippen molar-refractivity contribution in [2.24, 2.45) is 0 Å². The summed E-state index contributed by atoms with van der Waals surface area (Å²) in [6.07, 6.45) is -3.33. The van der Waals surface area contributed by atoms with Crippen molar-refractivity contribution in [1.29, 1.82) is 5.26 Å². The number of benzene rings is 2. The van der Waals surface area contributed by atoms with E-state index in [1.165, 1.54) is 18.2 Å². The molecule has 2 rings (SSSR count). The van der Waals surface area contributed by atoms with Crippen LogP contribution in [0.3, 0.4) is 0 Å². The minimum absolute atomic E-state index is 0.0850. The monoisotopic (exact) mass is 384 g/mol. The maximum Gasteiger partial charge on any atom is 0.416 e. The highest BCUT2D eigenvalue weighted by atomic mass is 35.5. The number of halogens is 5. The summed E-state index contributed by atoms with van der Waals surface area (Å²) in [6.45, 7) is 0. The number of carbonyl (C=O) groups excluding carboxylic acids is 1. The minimum atomic E-state index is -4.54. The van der Waals surface area contributed by atoms with Crippen LogP contribution in [0.2, 0.25) is 10.0 Å². The lowest BCUT2D eigenvalue weighted by atomic mass is 10.1. The third kappa shape index (κ3) is 4.75. The first-order valence-electron chi connectivity index (χ1n) is 6.77. The van der Waals surface area contributed by atoms with E-state index in [2.05, 4.69) is 5.32 Å². The second kappa shape index (κ2) is 7.60. The number of nitriles is 1. The number of nitrogens with zero attached hydrogens (tertiary/aromatic N) is 1. The lowest BCUT2D eigenvalue weighted by Crippen LogP contribution is -2.14. The molecule has 1 amide bonds. The van der Waals surface area contributed by atoms with Gasteiger partial charge in [0.25, 0.3) is 5.91 Å². The van der Waals surface area contributed by atoms with E-state index in [0.717, 1.165) is 18.2 Å². The van der Waals surface area contributed by atoms with Crippen LogP contribution in [-0.4, -0.2) is 5.91 Å². The van der Waals surface area contributed by atoms with Gasteiger partial charge in [-0.1, -0.05) is 41.4 Å². The molecule has 1 N–H and O–H groups in total. The summed E-state index contributed by atoms with van der Waals surface area (Å²) < 4.78 is 38.1. The lowest BCUT2D eigenvalue weighted by Gasteiger charge is -2.09. The number of carbonyl (C=O) groups is 1. The van der Waals surface area contributed by atoms with Gasteiger partial charge in [0.05, 0.1) is 15.6 Å². The molecule has 0 saturated carbocycles. The van der Waals surface area contributed by atoms with Gasteiger partial charge in [0.1, 0.15) is 11.6 Å². The number of alkyl halides is 3. The molecule has 0 spiro atoms. The molecule has 2 aromatic rings. The lowest BCUT2D eigenvalue weighted by molar-refractivity contribution is -0.137. The highest BCUT2D eigenvalue weighted by Crippen LogP contribution is 2.31. The van der Waals surface area contributed by atoms with Crippen molar-refractivity contribution >= 4 is 40.9 Å². The average Bonchev–Trinajstić information content (AvgIpc) is 2.55. The van der Waals surface area contributed by atoms with Gasteiger partial charge in [-0.2, -0.15) is 18.4 Å². The minimum Gasteiger partial charge on any atom is -0.321 e. The molecule has 0 radical (unpaired) electrons. The van der Waals surface area contributed by atoms with Crippen molar-refractivity contribution in [3.8, 4) is 6.07 Å². The van der Waals surface area contributed by atoms with Gasteiger partial charge in [-0.3, -0.25) is 4.79 Å². The molecular weight excluding hydrogens is 376 g/mol. The highest BCUT2D eigenvalue weighted by Gasteiger charge is 2.30. The Morgan fingerprint density at radius 3 is 2.48 bits per heavy atom. The Hall–Kier alpha value is -2.49. The first-order valence-corrected chi connectivity index (χ1v) is 7.52. The number of anilines is 1. The summed E-state index contributed by atoms with van der Waals surface area (Å²) in [5.41, 5.74) is -0.990. The fraction of sp³-hybridized carbons (Fsp3) is 0.0588.